The van der Waals surface area contributed by atoms with E-state index in [1.165, 1.54) is 0 Å². The lowest BCUT2D eigenvalue weighted by Gasteiger charge is -2.23. The molecule has 0 aliphatic rings. The maximum absolute atomic E-state index is 10.7. The molecule has 0 aliphatic heterocycles. The number of hydrogen-bond acceptors (Lipinski definition) is 2. The molecule has 0 saturated heterocycles. The fraction of sp³-hybridized carbons (Fsp3) is 0.133. The fourth-order valence-corrected chi connectivity index (χ4v) is 2.32. The second-order valence-corrected chi connectivity index (χ2v) is 4.55. The molecule has 0 spiro atoms. The van der Waals surface area contributed by atoms with E-state index in [0.29, 0.717) is 0 Å². The Kier molecular flexibility index (Phi) is 3.61. The summed E-state index contributed by atoms with van der Waals surface area (Å²) in [6.07, 6.45) is 1.58. The summed E-state index contributed by atoms with van der Waals surface area (Å²) in [6.45, 7) is 1.94. The number of carbonyl (C=O) groups excluding carboxylic acids is 1. The molecule has 0 aliphatic carbocycles. The summed E-state index contributed by atoms with van der Waals surface area (Å²) in [5.41, 5.74) is 2.53. The first-order chi connectivity index (χ1) is 8.68. The lowest BCUT2D eigenvalue weighted by atomic mass is 9.95. The van der Waals surface area contributed by atoms with Crippen LogP contribution in [0.15, 0.2) is 59.6 Å². The molecule has 2 nitrogen and oxygen atoms in total. The Morgan fingerprint density at radius 2 is 1.67 bits per heavy atom. The third-order valence-corrected chi connectivity index (χ3v) is 3.36. The molecule has 90 valence electrons. The van der Waals surface area contributed by atoms with Gasteiger partial charge in [0.05, 0.1) is 0 Å². The normalized spacial score (nSPS) is 13.4. The van der Waals surface area contributed by atoms with Gasteiger partial charge in [-0.1, -0.05) is 66.2 Å². The molecule has 0 fully saturated rings. The van der Waals surface area contributed by atoms with Crippen molar-refractivity contribution in [3.63, 3.8) is 0 Å². The van der Waals surface area contributed by atoms with Crippen LogP contribution >= 0.6 is 11.6 Å². The molecule has 0 aromatic heterocycles. The summed E-state index contributed by atoms with van der Waals surface area (Å²) in [5.74, 6) is 0. The van der Waals surface area contributed by atoms with E-state index in [9.17, 15) is 4.79 Å². The number of alkyl halides is 1. The van der Waals surface area contributed by atoms with Gasteiger partial charge < -0.3 is 0 Å². The molecule has 2 aromatic rings. The summed E-state index contributed by atoms with van der Waals surface area (Å²) in [7, 11) is 0. The second kappa shape index (κ2) is 5.18. The zero-order valence-corrected chi connectivity index (χ0v) is 10.7. The molecular formula is C15H12ClNO. The van der Waals surface area contributed by atoms with Crippen LogP contribution in [0.1, 0.15) is 16.7 Å². The van der Waals surface area contributed by atoms with Gasteiger partial charge in [0.15, 0.2) is 5.00 Å². The standard InChI is InChI=1S/C15H12ClNO/c1-12-7-5-6-10-14(12)15(16,17-11-18)13-8-3-2-4-9-13/h2-10H,1H3. The second-order valence-electron chi connectivity index (χ2n) is 4.01. The molecule has 1 unspecified atom stereocenters. The number of rotatable bonds is 3. The highest BCUT2D eigenvalue weighted by molar-refractivity contribution is 6.26. The van der Waals surface area contributed by atoms with Crippen molar-refractivity contribution in [2.24, 2.45) is 4.99 Å². The van der Waals surface area contributed by atoms with Crippen molar-refractivity contribution in [2.75, 3.05) is 0 Å². The molecule has 2 rings (SSSR count). The molecule has 0 amide bonds. The van der Waals surface area contributed by atoms with Crippen LogP contribution in [0.4, 0.5) is 0 Å². The van der Waals surface area contributed by atoms with Crippen LogP contribution in [-0.4, -0.2) is 6.08 Å². The van der Waals surface area contributed by atoms with Gasteiger partial charge in [-0.05, 0) is 18.1 Å². The van der Waals surface area contributed by atoms with Gasteiger partial charge in [0.25, 0.3) is 0 Å². The molecule has 0 radical (unpaired) electrons. The number of halogens is 1. The molecule has 0 bridgehead atoms. The van der Waals surface area contributed by atoms with Crippen molar-refractivity contribution in [2.45, 2.75) is 11.9 Å². The zero-order valence-electron chi connectivity index (χ0n) is 9.93. The van der Waals surface area contributed by atoms with E-state index in [1.807, 2.05) is 61.5 Å². The summed E-state index contributed by atoms with van der Waals surface area (Å²) >= 11 is 6.57. The first kappa shape index (κ1) is 12.6. The van der Waals surface area contributed by atoms with E-state index in [0.717, 1.165) is 16.7 Å². The first-order valence-electron chi connectivity index (χ1n) is 5.58. The third kappa shape index (κ3) is 2.21. The van der Waals surface area contributed by atoms with Gasteiger partial charge >= 0.3 is 0 Å². The summed E-state index contributed by atoms with van der Waals surface area (Å²) < 4.78 is 0. The largest absolute Gasteiger partial charge is 0.237 e. The van der Waals surface area contributed by atoms with Crippen molar-refractivity contribution < 1.29 is 4.79 Å². The van der Waals surface area contributed by atoms with E-state index in [4.69, 9.17) is 11.6 Å². The summed E-state index contributed by atoms with van der Waals surface area (Å²) in [6, 6.07) is 16.9. The zero-order chi connectivity index (χ0) is 13.0. The van der Waals surface area contributed by atoms with Gasteiger partial charge in [-0.2, -0.15) is 4.99 Å². The molecule has 1 atom stereocenters. The highest BCUT2D eigenvalue weighted by Gasteiger charge is 2.32. The smallest absolute Gasteiger partial charge is 0.211 e. The van der Waals surface area contributed by atoms with Crippen molar-refractivity contribution in [1.82, 2.24) is 0 Å². The Bertz CT molecular complexity index is 590. The van der Waals surface area contributed by atoms with Crippen LogP contribution in [0, 0.1) is 6.92 Å². The van der Waals surface area contributed by atoms with Gasteiger partial charge in [0, 0.05) is 5.56 Å². The number of aliphatic imine (C=N–C) groups is 1. The molecule has 18 heavy (non-hydrogen) atoms. The minimum absolute atomic E-state index is 0.754. The fourth-order valence-electron chi connectivity index (χ4n) is 1.95. The SMILES string of the molecule is Cc1ccccc1C(Cl)(N=C=O)c1ccccc1. The van der Waals surface area contributed by atoms with E-state index in [2.05, 4.69) is 4.99 Å². The predicted octanol–water partition coefficient (Wildman–Crippen LogP) is 3.77. The summed E-state index contributed by atoms with van der Waals surface area (Å²) in [5, 5.41) is 0. The van der Waals surface area contributed by atoms with Crippen molar-refractivity contribution in [1.29, 1.82) is 0 Å². The predicted molar refractivity (Wildman–Crippen MR) is 72.4 cm³/mol. The maximum atomic E-state index is 10.7. The highest BCUT2D eigenvalue weighted by Crippen LogP contribution is 2.39. The summed E-state index contributed by atoms with van der Waals surface area (Å²) in [4.78, 5) is 13.3. The van der Waals surface area contributed by atoms with E-state index < -0.39 is 5.00 Å². The van der Waals surface area contributed by atoms with Crippen LogP contribution < -0.4 is 0 Å². The highest BCUT2D eigenvalue weighted by atomic mass is 35.5. The van der Waals surface area contributed by atoms with Gasteiger partial charge in [-0.3, -0.25) is 0 Å². The number of nitrogens with zero attached hydrogens (tertiary/aromatic N) is 1. The van der Waals surface area contributed by atoms with Crippen molar-refractivity contribution >= 4 is 17.7 Å². The Morgan fingerprint density at radius 3 is 2.28 bits per heavy atom. The average molecular weight is 258 g/mol. The van der Waals surface area contributed by atoms with Gasteiger partial charge in [-0.15, -0.1) is 0 Å². The van der Waals surface area contributed by atoms with Gasteiger partial charge in [0.2, 0.25) is 6.08 Å². The Labute approximate surface area is 111 Å². The Balaban J connectivity index is 2.66. The molecule has 3 heteroatoms. The van der Waals surface area contributed by atoms with Crippen LogP contribution in [0.2, 0.25) is 0 Å². The number of hydrogen-bond donors (Lipinski definition) is 0. The maximum Gasteiger partial charge on any atom is 0.237 e. The molecule has 0 N–H and O–H groups in total. The Morgan fingerprint density at radius 1 is 1.06 bits per heavy atom. The van der Waals surface area contributed by atoms with Crippen molar-refractivity contribution in [3.8, 4) is 0 Å². The van der Waals surface area contributed by atoms with E-state index in [1.54, 1.807) is 6.08 Å². The molecule has 0 saturated carbocycles. The quantitative estimate of drug-likeness (QED) is 0.356. The lowest BCUT2D eigenvalue weighted by Crippen LogP contribution is -2.18. The minimum atomic E-state index is -1.20. The van der Waals surface area contributed by atoms with Gasteiger partial charge in [-0.25, -0.2) is 4.79 Å². The van der Waals surface area contributed by atoms with Crippen LogP contribution in [0.5, 0.6) is 0 Å². The van der Waals surface area contributed by atoms with Crippen molar-refractivity contribution in [3.05, 3.63) is 71.3 Å². The lowest BCUT2D eigenvalue weighted by molar-refractivity contribution is 0.558. The topological polar surface area (TPSA) is 29.4 Å². The van der Waals surface area contributed by atoms with Crippen LogP contribution in [0.3, 0.4) is 0 Å². The number of isocyanates is 1. The molecular weight excluding hydrogens is 246 g/mol. The average Bonchev–Trinajstić information content (AvgIpc) is 2.40. The first-order valence-corrected chi connectivity index (χ1v) is 5.96. The monoisotopic (exact) mass is 257 g/mol. The minimum Gasteiger partial charge on any atom is -0.211 e. The third-order valence-electron chi connectivity index (χ3n) is 2.86. The number of aryl methyl sites for hydroxylation is 1. The van der Waals surface area contributed by atoms with E-state index >= 15 is 0 Å². The molecule has 0 heterocycles. The van der Waals surface area contributed by atoms with E-state index in [-0.39, 0.29) is 0 Å². The molecule has 2 aromatic carbocycles. The van der Waals surface area contributed by atoms with Crippen LogP contribution in [-0.2, 0) is 9.79 Å². The number of benzene rings is 2. The Hall–Kier alpha value is -1.89. The van der Waals surface area contributed by atoms with Crippen LogP contribution in [0.25, 0.3) is 0 Å². The van der Waals surface area contributed by atoms with Gasteiger partial charge in [0.1, 0.15) is 0 Å².